The highest BCUT2D eigenvalue weighted by Crippen LogP contribution is 2.23. The number of ether oxygens (including phenoxy) is 2. The minimum atomic E-state index is -0.255. The maximum Gasteiger partial charge on any atom is 0.219 e. The Morgan fingerprint density at radius 3 is 2.33 bits per heavy atom. The first kappa shape index (κ1) is 21.1. The van der Waals surface area contributed by atoms with Gasteiger partial charge in [0.2, 0.25) is 5.88 Å². The number of halogens is 1. The van der Waals surface area contributed by atoms with Gasteiger partial charge in [0, 0.05) is 32.4 Å². The van der Waals surface area contributed by atoms with Crippen LogP contribution in [-0.2, 0) is 13.1 Å². The highest BCUT2D eigenvalue weighted by molar-refractivity contribution is 5.79. The molecule has 0 saturated carbocycles. The molecule has 0 amide bonds. The number of hydrogen-bond acceptors (Lipinski definition) is 4. The standard InChI is InChI=1S/C23H25FN4O2/c1-3-29-20-7-9-21(10-8-20)30-22-14-18(11-12-26-22)16-28-23(25-2)27-15-17-5-4-6-19(24)13-17/h4-14H,3,15-16H2,1-2H3,(H2,25,27,28). The highest BCUT2D eigenvalue weighted by atomic mass is 19.1. The van der Waals surface area contributed by atoms with Crippen LogP contribution < -0.4 is 20.1 Å². The van der Waals surface area contributed by atoms with E-state index in [9.17, 15) is 4.39 Å². The molecule has 0 bridgehead atoms. The first-order chi connectivity index (χ1) is 14.7. The van der Waals surface area contributed by atoms with Gasteiger partial charge in [-0.15, -0.1) is 0 Å². The number of pyridine rings is 1. The third kappa shape index (κ3) is 6.48. The van der Waals surface area contributed by atoms with E-state index in [0.717, 1.165) is 16.9 Å². The highest BCUT2D eigenvalue weighted by Gasteiger charge is 2.04. The summed E-state index contributed by atoms with van der Waals surface area (Å²) in [4.78, 5) is 8.46. The minimum Gasteiger partial charge on any atom is -0.494 e. The Labute approximate surface area is 175 Å². The number of hydrogen-bond donors (Lipinski definition) is 2. The molecule has 0 aliphatic heterocycles. The third-order valence-corrected chi connectivity index (χ3v) is 4.19. The summed E-state index contributed by atoms with van der Waals surface area (Å²) in [5, 5.41) is 6.40. The van der Waals surface area contributed by atoms with Crippen molar-refractivity contribution in [1.29, 1.82) is 0 Å². The molecular weight excluding hydrogens is 383 g/mol. The van der Waals surface area contributed by atoms with Crippen LogP contribution in [0.1, 0.15) is 18.1 Å². The van der Waals surface area contributed by atoms with E-state index in [2.05, 4.69) is 20.6 Å². The summed E-state index contributed by atoms with van der Waals surface area (Å²) in [6.45, 7) is 3.57. The van der Waals surface area contributed by atoms with Gasteiger partial charge in [0.25, 0.3) is 0 Å². The first-order valence-corrected chi connectivity index (χ1v) is 9.71. The predicted molar refractivity (Wildman–Crippen MR) is 115 cm³/mol. The number of aromatic nitrogens is 1. The molecule has 2 N–H and O–H groups in total. The van der Waals surface area contributed by atoms with Crippen LogP contribution in [-0.4, -0.2) is 24.6 Å². The van der Waals surface area contributed by atoms with Gasteiger partial charge in [-0.25, -0.2) is 9.37 Å². The Hall–Kier alpha value is -3.61. The Bertz CT molecular complexity index is 977. The van der Waals surface area contributed by atoms with Crippen molar-refractivity contribution in [3.63, 3.8) is 0 Å². The van der Waals surface area contributed by atoms with Gasteiger partial charge in [0.1, 0.15) is 17.3 Å². The predicted octanol–water partition coefficient (Wildman–Crippen LogP) is 4.28. The molecule has 0 aliphatic rings. The maximum absolute atomic E-state index is 13.3. The van der Waals surface area contributed by atoms with E-state index in [0.29, 0.717) is 37.3 Å². The molecule has 1 aromatic heterocycles. The van der Waals surface area contributed by atoms with E-state index < -0.39 is 0 Å². The van der Waals surface area contributed by atoms with Gasteiger partial charge in [-0.1, -0.05) is 12.1 Å². The summed E-state index contributed by atoms with van der Waals surface area (Å²) in [7, 11) is 1.69. The third-order valence-electron chi connectivity index (χ3n) is 4.19. The molecule has 3 rings (SSSR count). The minimum absolute atomic E-state index is 0.255. The Balaban J connectivity index is 1.53. The summed E-state index contributed by atoms with van der Waals surface area (Å²) in [6.07, 6.45) is 1.70. The van der Waals surface area contributed by atoms with Crippen LogP contribution in [0.5, 0.6) is 17.4 Å². The second kappa shape index (κ2) is 10.8. The summed E-state index contributed by atoms with van der Waals surface area (Å²) in [6, 6.07) is 17.6. The van der Waals surface area contributed by atoms with E-state index in [-0.39, 0.29) is 5.82 Å². The summed E-state index contributed by atoms with van der Waals surface area (Å²) in [5.41, 5.74) is 1.83. The van der Waals surface area contributed by atoms with Crippen molar-refractivity contribution >= 4 is 5.96 Å². The average Bonchev–Trinajstić information content (AvgIpc) is 2.76. The maximum atomic E-state index is 13.3. The monoisotopic (exact) mass is 408 g/mol. The van der Waals surface area contributed by atoms with Gasteiger partial charge in [-0.05, 0) is 60.5 Å². The molecule has 6 nitrogen and oxygen atoms in total. The summed E-state index contributed by atoms with van der Waals surface area (Å²) >= 11 is 0. The first-order valence-electron chi connectivity index (χ1n) is 9.71. The second-order valence-electron chi connectivity index (χ2n) is 6.42. The van der Waals surface area contributed by atoms with Crippen molar-refractivity contribution < 1.29 is 13.9 Å². The largest absolute Gasteiger partial charge is 0.494 e. The number of guanidine groups is 1. The van der Waals surface area contributed by atoms with Crippen LogP contribution >= 0.6 is 0 Å². The number of aliphatic imine (C=N–C) groups is 1. The van der Waals surface area contributed by atoms with Crippen LogP contribution in [0.25, 0.3) is 0 Å². The number of nitrogens with one attached hydrogen (secondary N) is 2. The zero-order valence-corrected chi connectivity index (χ0v) is 17.1. The molecule has 0 spiro atoms. The summed E-state index contributed by atoms with van der Waals surface area (Å²) in [5.74, 6) is 2.34. The molecule has 1 heterocycles. The van der Waals surface area contributed by atoms with Gasteiger partial charge in [0.15, 0.2) is 5.96 Å². The van der Waals surface area contributed by atoms with E-state index in [1.807, 2.05) is 49.4 Å². The fourth-order valence-corrected chi connectivity index (χ4v) is 2.75. The SMILES string of the molecule is CCOc1ccc(Oc2cc(CNC(=NC)NCc3cccc(F)c3)ccn2)cc1. The second-order valence-corrected chi connectivity index (χ2v) is 6.42. The lowest BCUT2D eigenvalue weighted by molar-refractivity contribution is 0.339. The molecule has 0 aliphatic carbocycles. The normalized spacial score (nSPS) is 11.1. The molecule has 7 heteroatoms. The Morgan fingerprint density at radius 2 is 1.67 bits per heavy atom. The van der Waals surface area contributed by atoms with E-state index >= 15 is 0 Å². The quantitative estimate of drug-likeness (QED) is 0.430. The van der Waals surface area contributed by atoms with Crippen LogP contribution in [0.15, 0.2) is 71.9 Å². The number of rotatable bonds is 8. The van der Waals surface area contributed by atoms with Crippen LogP contribution in [0.2, 0.25) is 0 Å². The average molecular weight is 408 g/mol. The molecular formula is C23H25FN4O2. The van der Waals surface area contributed by atoms with Crippen molar-refractivity contribution in [1.82, 2.24) is 15.6 Å². The van der Waals surface area contributed by atoms with Crippen molar-refractivity contribution in [2.45, 2.75) is 20.0 Å². The molecule has 0 atom stereocenters. The Kier molecular flexibility index (Phi) is 7.60. The zero-order valence-electron chi connectivity index (χ0n) is 17.1. The fraction of sp³-hybridized carbons (Fsp3) is 0.217. The molecule has 0 unspecified atom stereocenters. The molecule has 30 heavy (non-hydrogen) atoms. The van der Waals surface area contributed by atoms with Crippen LogP contribution in [0.3, 0.4) is 0 Å². The van der Waals surface area contributed by atoms with Gasteiger partial charge >= 0.3 is 0 Å². The smallest absolute Gasteiger partial charge is 0.219 e. The lowest BCUT2D eigenvalue weighted by atomic mass is 10.2. The van der Waals surface area contributed by atoms with Gasteiger partial charge in [-0.3, -0.25) is 4.99 Å². The molecule has 2 aromatic carbocycles. The van der Waals surface area contributed by atoms with Gasteiger partial charge < -0.3 is 20.1 Å². The lowest BCUT2D eigenvalue weighted by Crippen LogP contribution is -2.36. The topological polar surface area (TPSA) is 67.8 Å². The molecule has 0 fully saturated rings. The van der Waals surface area contributed by atoms with Crippen LogP contribution in [0.4, 0.5) is 4.39 Å². The van der Waals surface area contributed by atoms with Gasteiger partial charge in [0.05, 0.1) is 6.61 Å². The fourth-order valence-electron chi connectivity index (χ4n) is 2.75. The van der Waals surface area contributed by atoms with Crippen molar-refractivity contribution in [3.8, 4) is 17.4 Å². The summed E-state index contributed by atoms with van der Waals surface area (Å²) < 4.78 is 24.6. The van der Waals surface area contributed by atoms with Gasteiger partial charge in [-0.2, -0.15) is 0 Å². The van der Waals surface area contributed by atoms with E-state index in [1.54, 1.807) is 19.3 Å². The molecule has 156 valence electrons. The zero-order chi connectivity index (χ0) is 21.2. The lowest BCUT2D eigenvalue weighted by Gasteiger charge is -2.13. The molecule has 3 aromatic rings. The molecule has 0 radical (unpaired) electrons. The number of nitrogens with zero attached hydrogens (tertiary/aromatic N) is 2. The van der Waals surface area contributed by atoms with E-state index in [4.69, 9.17) is 9.47 Å². The van der Waals surface area contributed by atoms with Crippen LogP contribution in [0, 0.1) is 5.82 Å². The van der Waals surface area contributed by atoms with Crippen molar-refractivity contribution in [3.05, 3.63) is 83.8 Å². The molecule has 0 saturated heterocycles. The number of benzene rings is 2. The van der Waals surface area contributed by atoms with E-state index in [1.165, 1.54) is 12.1 Å². The van der Waals surface area contributed by atoms with Crippen molar-refractivity contribution in [2.24, 2.45) is 4.99 Å². The van der Waals surface area contributed by atoms with Crippen molar-refractivity contribution in [2.75, 3.05) is 13.7 Å². The Morgan fingerprint density at radius 1 is 0.967 bits per heavy atom.